The van der Waals surface area contributed by atoms with Crippen molar-refractivity contribution in [3.63, 3.8) is 0 Å². The minimum atomic E-state index is -1.51. The van der Waals surface area contributed by atoms with Gasteiger partial charge in [-0.1, -0.05) is 76.6 Å². The Hall–Kier alpha value is -6.83. The number of aromatic hydroxyl groups is 1. The van der Waals surface area contributed by atoms with E-state index in [1.54, 1.807) is 58.0 Å². The number of hydrogen-bond donors (Lipinski definition) is 14. The number of imidazole rings is 1. The first-order valence-electron chi connectivity index (χ1n) is 24.8. The molecule has 16 N–H and O–H groups in total. The van der Waals surface area contributed by atoms with Gasteiger partial charge in [0.2, 0.25) is 41.4 Å². The molecule has 4 rings (SSSR count). The number of carbonyl (C=O) groups is 9. The molecule has 26 heteroatoms. The second-order valence-electron chi connectivity index (χ2n) is 18.9. The van der Waals surface area contributed by atoms with Gasteiger partial charge in [0.05, 0.1) is 18.8 Å². The van der Waals surface area contributed by atoms with Crippen molar-refractivity contribution in [1.29, 1.82) is 5.41 Å². The number of H-pyrrole nitrogens is 1. The molecule has 1 fully saturated rings. The van der Waals surface area contributed by atoms with Crippen molar-refractivity contribution in [2.75, 3.05) is 13.1 Å². The molecule has 25 nitrogen and oxygen atoms in total. The standard InChI is InChI=1S/C50H71N13O12.Ca.2H/c1-5-28(4)41(47(72)59-36(23-31-25-54-26-56-31)48(73)63-20-10-14-38(63)45(70)60-37(49(74)75)22-29-11-7-6-8-12-29)62-44(69)35(21-30-15-17-32(64)18-16-30)58-46(71)40(27(2)3)61-43(68)34(13-9-19-55-50(52)53)57-42(67)33(51)24-39(65)66;;;/h6-8,11-12,15-18,25-28,33-38,40-41,64H,5,9-10,13-14,19-24,51H2,1-4H3,(H,54,56)(H,57,67)(H,58,71)(H,59,72)(H,60,70)(H,61,68)(H,62,69)(H,65,66)(H,74,75)(H4,52,53,55);;;/t28-,33-,34-,35-,36-,37-,38-,40-,41-;;;/m0.../s1. The summed E-state index contributed by atoms with van der Waals surface area (Å²) in [6, 6.07) is 3.94. The van der Waals surface area contributed by atoms with Gasteiger partial charge in [-0.2, -0.15) is 0 Å². The van der Waals surface area contributed by atoms with E-state index in [9.17, 15) is 53.4 Å². The number of rotatable bonds is 29. The quantitative estimate of drug-likeness (QED) is 0.0154. The molecule has 0 radical (unpaired) electrons. The van der Waals surface area contributed by atoms with Crippen LogP contribution in [0.2, 0.25) is 0 Å². The van der Waals surface area contributed by atoms with Gasteiger partial charge >= 0.3 is 49.7 Å². The van der Waals surface area contributed by atoms with E-state index < -0.39 is 120 Å². The van der Waals surface area contributed by atoms with Gasteiger partial charge in [-0.25, -0.2) is 9.78 Å². The summed E-state index contributed by atoms with van der Waals surface area (Å²) >= 11 is 0. The average Bonchev–Trinajstić information content (AvgIpc) is 4.08. The first kappa shape index (κ1) is 63.5. The molecule has 0 unspecified atom stereocenters. The Morgan fingerprint density at radius 2 is 1.36 bits per heavy atom. The fourth-order valence-corrected chi connectivity index (χ4v) is 8.34. The number of nitrogens with one attached hydrogen (secondary N) is 9. The van der Waals surface area contributed by atoms with Gasteiger partial charge in [0.1, 0.15) is 48.0 Å². The number of carboxylic acid groups (broad SMARTS) is 2. The van der Waals surface area contributed by atoms with E-state index in [-0.39, 0.29) is 101 Å². The van der Waals surface area contributed by atoms with Crippen LogP contribution in [-0.2, 0) is 62.4 Å². The third-order valence-corrected chi connectivity index (χ3v) is 12.7. The summed E-state index contributed by atoms with van der Waals surface area (Å²) in [5.41, 5.74) is 12.8. The van der Waals surface area contributed by atoms with Gasteiger partial charge in [0.15, 0.2) is 5.96 Å². The third-order valence-electron chi connectivity index (χ3n) is 12.7. The molecule has 76 heavy (non-hydrogen) atoms. The van der Waals surface area contributed by atoms with E-state index in [0.717, 1.165) is 0 Å². The second-order valence-corrected chi connectivity index (χ2v) is 18.9. The number of likely N-dealkylation sites (tertiary alicyclic amines) is 1. The van der Waals surface area contributed by atoms with E-state index in [1.165, 1.54) is 41.7 Å². The number of amides is 7. The zero-order chi connectivity index (χ0) is 55.4. The predicted molar refractivity (Wildman–Crippen MR) is 280 cm³/mol. The van der Waals surface area contributed by atoms with Crippen LogP contribution >= 0.6 is 0 Å². The predicted octanol–water partition coefficient (Wildman–Crippen LogP) is -2.02. The van der Waals surface area contributed by atoms with Crippen molar-refractivity contribution >= 4 is 97.0 Å². The zero-order valence-corrected chi connectivity index (χ0v) is 42.5. The maximum absolute atomic E-state index is 14.6. The van der Waals surface area contributed by atoms with Gasteiger partial charge in [-0.3, -0.25) is 43.8 Å². The van der Waals surface area contributed by atoms with E-state index in [2.05, 4.69) is 47.2 Å². The first-order valence-corrected chi connectivity index (χ1v) is 24.8. The molecule has 1 saturated heterocycles. The summed E-state index contributed by atoms with van der Waals surface area (Å²) in [6.45, 7) is 6.96. The summed E-state index contributed by atoms with van der Waals surface area (Å²) in [4.78, 5) is 130. The van der Waals surface area contributed by atoms with E-state index in [0.29, 0.717) is 29.7 Å². The van der Waals surface area contributed by atoms with E-state index in [1.807, 2.05) is 0 Å². The molecule has 0 saturated carbocycles. The van der Waals surface area contributed by atoms with Crippen molar-refractivity contribution in [3.8, 4) is 5.75 Å². The van der Waals surface area contributed by atoms with Crippen LogP contribution in [0, 0.1) is 17.2 Å². The molecule has 412 valence electrons. The zero-order valence-electron chi connectivity index (χ0n) is 42.5. The number of phenolic OH excluding ortho intramolecular Hbond substituents is 1. The summed E-state index contributed by atoms with van der Waals surface area (Å²) in [5, 5.41) is 55.1. The van der Waals surface area contributed by atoms with Crippen LogP contribution < -0.4 is 48.7 Å². The Morgan fingerprint density at radius 3 is 1.95 bits per heavy atom. The topological polar surface area (TPSA) is 406 Å². The number of nitrogens with two attached hydrogens (primary N) is 2. The molecule has 0 aliphatic carbocycles. The molecule has 1 aromatic heterocycles. The number of phenols is 1. The number of carboxylic acids is 2. The van der Waals surface area contributed by atoms with E-state index in [4.69, 9.17) is 22.0 Å². The van der Waals surface area contributed by atoms with Crippen LogP contribution in [0.15, 0.2) is 67.1 Å². The molecule has 0 bridgehead atoms. The molecule has 9 atom stereocenters. The number of carbonyl (C=O) groups excluding carboxylic acids is 7. The molecule has 1 aliphatic rings. The molecule has 7 amide bonds. The maximum atomic E-state index is 14.6. The van der Waals surface area contributed by atoms with Gasteiger partial charge in [0.25, 0.3) is 0 Å². The SMILES string of the molecule is CC[C@H](C)[C@H](NC(=O)[C@H](Cc1ccc(O)cc1)NC(=O)[C@@H](NC(=O)[C@H](CCCNC(=N)N)NC(=O)[C@@H](N)CC(=O)O)C(C)C)C(=O)N[C@@H](Cc1cnc[nH]1)C(=O)N1CCC[C@H]1C(=O)N[C@@H](Cc1ccccc1)C(=O)O.[CaH2]. The van der Waals surface area contributed by atoms with Gasteiger partial charge < -0.3 is 73.9 Å². The monoisotopic (exact) mass is 1090 g/mol. The van der Waals surface area contributed by atoms with Crippen LogP contribution in [-0.4, -0.2) is 189 Å². The van der Waals surface area contributed by atoms with Gasteiger partial charge in [-0.05, 0) is 60.8 Å². The molecule has 3 aromatic rings. The number of aromatic nitrogens is 2. The third kappa shape index (κ3) is 20.0. The summed E-state index contributed by atoms with van der Waals surface area (Å²) in [5.74, 6) is -9.79. The molecular formula is C50H73CaN13O12. The summed E-state index contributed by atoms with van der Waals surface area (Å²) < 4.78 is 0. The van der Waals surface area contributed by atoms with Crippen molar-refractivity contribution in [2.45, 2.75) is 134 Å². The van der Waals surface area contributed by atoms with Crippen molar-refractivity contribution in [1.82, 2.24) is 52.1 Å². The fourth-order valence-electron chi connectivity index (χ4n) is 8.34. The van der Waals surface area contributed by atoms with Crippen LogP contribution in [0.25, 0.3) is 0 Å². The van der Waals surface area contributed by atoms with Crippen LogP contribution in [0.1, 0.15) is 83.0 Å². The number of benzene rings is 2. The molecule has 1 aliphatic heterocycles. The first-order chi connectivity index (χ1) is 35.6. The summed E-state index contributed by atoms with van der Waals surface area (Å²) in [6.07, 6.45) is 2.93. The van der Waals surface area contributed by atoms with Crippen molar-refractivity contribution < 1.29 is 58.5 Å². The Kier molecular flexibility index (Phi) is 26.1. The van der Waals surface area contributed by atoms with E-state index >= 15 is 0 Å². The number of aliphatic carboxylic acids is 2. The second kappa shape index (κ2) is 31.3. The molecule has 2 aromatic carbocycles. The fraction of sp³-hybridized carbons (Fsp3) is 0.500. The number of nitrogens with zero attached hydrogens (tertiary/aromatic N) is 2. The Balaban J connectivity index is 0.0000152. The Labute approximate surface area is 470 Å². The normalized spacial score (nSPS) is 16.1. The Bertz CT molecular complexity index is 2450. The van der Waals surface area contributed by atoms with Gasteiger partial charge in [-0.15, -0.1) is 0 Å². The molecule has 0 spiro atoms. The molecule has 2 heterocycles. The summed E-state index contributed by atoms with van der Waals surface area (Å²) in [7, 11) is 0. The Morgan fingerprint density at radius 1 is 0.763 bits per heavy atom. The molecular weight excluding hydrogens is 1010 g/mol. The van der Waals surface area contributed by atoms with Crippen LogP contribution in [0.5, 0.6) is 5.75 Å². The van der Waals surface area contributed by atoms with Crippen LogP contribution in [0.4, 0.5) is 0 Å². The van der Waals surface area contributed by atoms with Crippen molar-refractivity contribution in [3.05, 3.63) is 83.9 Å². The van der Waals surface area contributed by atoms with Crippen LogP contribution in [0.3, 0.4) is 0 Å². The number of hydrogen-bond acceptors (Lipinski definition) is 13. The van der Waals surface area contributed by atoms with Gasteiger partial charge in [0, 0.05) is 44.2 Å². The average molecular weight is 1090 g/mol. The minimum absolute atomic E-state index is 0. The van der Waals surface area contributed by atoms with Crippen molar-refractivity contribution in [2.24, 2.45) is 23.3 Å². The number of guanidine groups is 1. The number of aromatic amines is 1.